The Balaban J connectivity index is 2.40. The molecule has 1 unspecified atom stereocenters. The van der Waals surface area contributed by atoms with Crippen LogP contribution in [-0.2, 0) is 9.53 Å². The molecule has 0 spiro atoms. The zero-order chi connectivity index (χ0) is 15.0. The predicted molar refractivity (Wildman–Crippen MR) is 73.7 cm³/mol. The minimum Gasteiger partial charge on any atom is -0.490 e. The topological polar surface area (TPSA) is 72.8 Å². The van der Waals surface area contributed by atoms with Gasteiger partial charge in [0.25, 0.3) is 0 Å². The van der Waals surface area contributed by atoms with E-state index in [0.29, 0.717) is 11.3 Å². The SMILES string of the molecule is C=CC(=O)OCCOc1ccc(C(=O)CC(C)O)cc1. The molecule has 0 radical (unpaired) electrons. The highest BCUT2D eigenvalue weighted by molar-refractivity contribution is 5.96. The number of Topliss-reactive ketones (excluding diaryl/α,β-unsaturated/α-hetero) is 1. The van der Waals surface area contributed by atoms with Gasteiger partial charge in [0.05, 0.1) is 6.10 Å². The van der Waals surface area contributed by atoms with E-state index in [0.717, 1.165) is 6.08 Å². The van der Waals surface area contributed by atoms with Crippen molar-refractivity contribution in [2.45, 2.75) is 19.4 Å². The lowest BCUT2D eigenvalue weighted by molar-refractivity contribution is -0.138. The van der Waals surface area contributed by atoms with Gasteiger partial charge in [-0.2, -0.15) is 0 Å². The molecule has 5 heteroatoms. The maximum Gasteiger partial charge on any atom is 0.330 e. The van der Waals surface area contributed by atoms with Gasteiger partial charge in [0.1, 0.15) is 19.0 Å². The number of benzene rings is 1. The third kappa shape index (κ3) is 5.67. The Hall–Kier alpha value is -2.14. The number of carbonyl (C=O) groups is 2. The smallest absolute Gasteiger partial charge is 0.330 e. The van der Waals surface area contributed by atoms with Crippen molar-refractivity contribution in [1.29, 1.82) is 0 Å². The van der Waals surface area contributed by atoms with Gasteiger partial charge in [-0.25, -0.2) is 4.79 Å². The number of ether oxygens (including phenoxy) is 2. The fraction of sp³-hybridized carbons (Fsp3) is 0.333. The molecule has 0 aromatic heterocycles. The van der Waals surface area contributed by atoms with Gasteiger partial charge in [-0.3, -0.25) is 4.79 Å². The molecule has 1 aromatic carbocycles. The zero-order valence-corrected chi connectivity index (χ0v) is 11.4. The van der Waals surface area contributed by atoms with E-state index in [1.165, 1.54) is 0 Å². The van der Waals surface area contributed by atoms with Gasteiger partial charge in [-0.05, 0) is 31.2 Å². The van der Waals surface area contributed by atoms with E-state index in [2.05, 4.69) is 6.58 Å². The number of ketones is 1. The number of aliphatic hydroxyl groups excluding tert-OH is 1. The van der Waals surface area contributed by atoms with Crippen molar-refractivity contribution in [2.75, 3.05) is 13.2 Å². The van der Waals surface area contributed by atoms with Crippen LogP contribution in [0.4, 0.5) is 0 Å². The molecular weight excluding hydrogens is 260 g/mol. The lowest BCUT2D eigenvalue weighted by Gasteiger charge is -2.07. The average Bonchev–Trinajstić information content (AvgIpc) is 2.43. The second-order valence-corrected chi connectivity index (χ2v) is 4.22. The third-order valence-corrected chi connectivity index (χ3v) is 2.42. The van der Waals surface area contributed by atoms with Crippen molar-refractivity contribution < 1.29 is 24.2 Å². The number of hydrogen-bond acceptors (Lipinski definition) is 5. The maximum atomic E-state index is 11.7. The summed E-state index contributed by atoms with van der Waals surface area (Å²) in [6, 6.07) is 6.58. The van der Waals surface area contributed by atoms with E-state index >= 15 is 0 Å². The highest BCUT2D eigenvalue weighted by atomic mass is 16.6. The second kappa shape index (κ2) is 8.12. The maximum absolute atomic E-state index is 11.7. The van der Waals surface area contributed by atoms with Gasteiger partial charge >= 0.3 is 5.97 Å². The standard InChI is InChI=1S/C15H18O5/c1-3-15(18)20-9-8-19-13-6-4-12(5-7-13)14(17)10-11(2)16/h3-7,11,16H,1,8-10H2,2H3. The first kappa shape index (κ1) is 15.9. The molecule has 20 heavy (non-hydrogen) atoms. The van der Waals surface area contributed by atoms with Crippen molar-refractivity contribution in [3.05, 3.63) is 42.5 Å². The van der Waals surface area contributed by atoms with Crippen LogP contribution in [0, 0.1) is 0 Å². The van der Waals surface area contributed by atoms with Crippen LogP contribution in [0.25, 0.3) is 0 Å². The molecular formula is C15H18O5. The van der Waals surface area contributed by atoms with Crippen molar-refractivity contribution in [3.63, 3.8) is 0 Å². The minimum absolute atomic E-state index is 0.0949. The first-order valence-electron chi connectivity index (χ1n) is 6.26. The highest BCUT2D eigenvalue weighted by Crippen LogP contribution is 2.14. The largest absolute Gasteiger partial charge is 0.490 e. The van der Waals surface area contributed by atoms with Crippen LogP contribution in [-0.4, -0.2) is 36.2 Å². The number of hydrogen-bond donors (Lipinski definition) is 1. The van der Waals surface area contributed by atoms with Gasteiger partial charge in [0, 0.05) is 18.1 Å². The molecule has 0 saturated carbocycles. The second-order valence-electron chi connectivity index (χ2n) is 4.22. The van der Waals surface area contributed by atoms with E-state index in [-0.39, 0.29) is 25.4 Å². The van der Waals surface area contributed by atoms with Crippen molar-refractivity contribution in [1.82, 2.24) is 0 Å². The Morgan fingerprint density at radius 1 is 1.30 bits per heavy atom. The molecule has 0 saturated heterocycles. The van der Waals surface area contributed by atoms with Crippen LogP contribution < -0.4 is 4.74 Å². The summed E-state index contributed by atoms with van der Waals surface area (Å²) in [6.07, 6.45) is 0.526. The van der Waals surface area contributed by atoms with Crippen LogP contribution in [0.3, 0.4) is 0 Å². The summed E-state index contributed by atoms with van der Waals surface area (Å²) in [5, 5.41) is 9.15. The number of carbonyl (C=O) groups excluding carboxylic acids is 2. The third-order valence-electron chi connectivity index (χ3n) is 2.42. The molecule has 1 N–H and O–H groups in total. The summed E-state index contributed by atoms with van der Waals surface area (Å²) in [6.45, 7) is 5.20. The molecule has 0 aliphatic carbocycles. The quantitative estimate of drug-likeness (QED) is 0.339. The number of aliphatic hydroxyl groups is 1. The first-order valence-corrected chi connectivity index (χ1v) is 6.26. The van der Waals surface area contributed by atoms with E-state index in [9.17, 15) is 9.59 Å². The summed E-state index contributed by atoms with van der Waals surface area (Å²) in [4.78, 5) is 22.4. The highest BCUT2D eigenvalue weighted by Gasteiger charge is 2.09. The first-order chi connectivity index (χ1) is 9.52. The van der Waals surface area contributed by atoms with Crippen LogP contribution in [0.1, 0.15) is 23.7 Å². The summed E-state index contributed by atoms with van der Waals surface area (Å²) in [7, 11) is 0. The minimum atomic E-state index is -0.655. The molecule has 0 heterocycles. The molecule has 5 nitrogen and oxygen atoms in total. The average molecular weight is 278 g/mol. The molecule has 0 bridgehead atoms. The Morgan fingerprint density at radius 3 is 2.50 bits per heavy atom. The van der Waals surface area contributed by atoms with Gasteiger partial charge in [0.2, 0.25) is 0 Å². The van der Waals surface area contributed by atoms with Gasteiger partial charge < -0.3 is 14.6 Å². The number of esters is 1. The number of rotatable bonds is 8. The molecule has 0 aliphatic rings. The molecule has 1 rings (SSSR count). The fourth-order valence-corrected chi connectivity index (χ4v) is 1.48. The fourth-order valence-electron chi connectivity index (χ4n) is 1.48. The van der Waals surface area contributed by atoms with Gasteiger partial charge in [-0.1, -0.05) is 6.58 Å². The molecule has 0 amide bonds. The van der Waals surface area contributed by atoms with E-state index in [1.54, 1.807) is 31.2 Å². The van der Waals surface area contributed by atoms with Gasteiger partial charge in [-0.15, -0.1) is 0 Å². The van der Waals surface area contributed by atoms with Crippen LogP contribution in [0.15, 0.2) is 36.9 Å². The van der Waals surface area contributed by atoms with Gasteiger partial charge in [0.15, 0.2) is 5.78 Å². The Kier molecular flexibility index (Phi) is 6.46. The lowest BCUT2D eigenvalue weighted by Crippen LogP contribution is -2.11. The molecule has 1 aromatic rings. The lowest BCUT2D eigenvalue weighted by atomic mass is 10.1. The Labute approximate surface area is 117 Å². The van der Waals surface area contributed by atoms with E-state index in [4.69, 9.17) is 14.6 Å². The summed E-state index contributed by atoms with van der Waals surface area (Å²) < 4.78 is 10.1. The zero-order valence-electron chi connectivity index (χ0n) is 11.4. The Bertz CT molecular complexity index is 462. The summed E-state index contributed by atoms with van der Waals surface area (Å²) >= 11 is 0. The van der Waals surface area contributed by atoms with E-state index < -0.39 is 12.1 Å². The monoisotopic (exact) mass is 278 g/mol. The van der Waals surface area contributed by atoms with Crippen LogP contribution in [0.5, 0.6) is 5.75 Å². The van der Waals surface area contributed by atoms with E-state index in [1.807, 2.05) is 0 Å². The molecule has 0 aliphatic heterocycles. The Morgan fingerprint density at radius 2 is 1.95 bits per heavy atom. The van der Waals surface area contributed by atoms with Crippen LogP contribution >= 0.6 is 0 Å². The van der Waals surface area contributed by atoms with Crippen molar-refractivity contribution >= 4 is 11.8 Å². The summed E-state index contributed by atoms with van der Waals surface area (Å²) in [5.41, 5.74) is 0.524. The van der Waals surface area contributed by atoms with Crippen molar-refractivity contribution in [3.8, 4) is 5.75 Å². The molecule has 1 atom stereocenters. The van der Waals surface area contributed by atoms with Crippen molar-refractivity contribution in [2.24, 2.45) is 0 Å². The predicted octanol–water partition coefficient (Wildman–Crippen LogP) is 1.75. The normalized spacial score (nSPS) is 11.5. The van der Waals surface area contributed by atoms with Crippen LogP contribution in [0.2, 0.25) is 0 Å². The molecule has 108 valence electrons. The summed E-state index contributed by atoms with van der Waals surface area (Å²) in [5.74, 6) is -0.0348. The molecule has 0 fully saturated rings.